The Morgan fingerprint density at radius 1 is 1.12 bits per heavy atom. The van der Waals surface area contributed by atoms with Gasteiger partial charge in [-0.1, -0.05) is 20.3 Å². The first-order valence-electron chi connectivity index (χ1n) is 8.03. The van der Waals surface area contributed by atoms with Crippen LogP contribution >= 0.6 is 11.8 Å². The lowest BCUT2D eigenvalue weighted by Gasteiger charge is -2.19. The summed E-state index contributed by atoms with van der Waals surface area (Å²) in [5, 5.41) is 15.8. The lowest BCUT2D eigenvalue weighted by Crippen LogP contribution is -2.52. The number of amides is 3. The Morgan fingerprint density at radius 3 is 2.24 bits per heavy atom. The SMILES string of the molecule is CCC(C)C(N)C(=O)NCC(=O)NC(CCSC)C(=O)NCC(=O)O. The van der Waals surface area contributed by atoms with Gasteiger partial charge in [-0.3, -0.25) is 19.2 Å². The molecule has 0 radical (unpaired) electrons. The van der Waals surface area contributed by atoms with Gasteiger partial charge in [0, 0.05) is 0 Å². The fourth-order valence-corrected chi connectivity index (χ4v) is 2.30. The van der Waals surface area contributed by atoms with Crippen LogP contribution in [-0.4, -0.2) is 66.0 Å². The molecule has 0 heterocycles. The molecule has 0 aliphatic rings. The van der Waals surface area contributed by atoms with Crippen molar-refractivity contribution < 1.29 is 24.3 Å². The smallest absolute Gasteiger partial charge is 0.322 e. The molecule has 10 heteroatoms. The van der Waals surface area contributed by atoms with E-state index in [0.29, 0.717) is 12.2 Å². The van der Waals surface area contributed by atoms with Crippen molar-refractivity contribution in [1.29, 1.82) is 0 Å². The van der Waals surface area contributed by atoms with Gasteiger partial charge in [0.1, 0.15) is 12.6 Å². The van der Waals surface area contributed by atoms with Gasteiger partial charge in [-0.05, 0) is 24.3 Å². The molecule has 25 heavy (non-hydrogen) atoms. The first-order chi connectivity index (χ1) is 11.7. The summed E-state index contributed by atoms with van der Waals surface area (Å²) in [5.41, 5.74) is 5.77. The summed E-state index contributed by atoms with van der Waals surface area (Å²) in [4.78, 5) is 46.3. The minimum atomic E-state index is -1.17. The second-order valence-corrected chi connectivity index (χ2v) is 6.63. The highest BCUT2D eigenvalue weighted by Crippen LogP contribution is 2.05. The molecule has 0 aliphatic heterocycles. The molecule has 0 bridgehead atoms. The molecule has 3 unspecified atom stereocenters. The lowest BCUT2D eigenvalue weighted by atomic mass is 9.99. The summed E-state index contributed by atoms with van der Waals surface area (Å²) in [5.74, 6) is -2.13. The van der Waals surface area contributed by atoms with Crippen LogP contribution in [0, 0.1) is 5.92 Å². The van der Waals surface area contributed by atoms with E-state index in [4.69, 9.17) is 10.8 Å². The van der Waals surface area contributed by atoms with Gasteiger partial charge in [0.05, 0.1) is 12.6 Å². The Bertz CT molecular complexity index is 475. The van der Waals surface area contributed by atoms with Gasteiger partial charge >= 0.3 is 5.97 Å². The van der Waals surface area contributed by atoms with Gasteiger partial charge in [0.25, 0.3) is 0 Å². The molecular formula is C15H28N4O5S. The second kappa shape index (κ2) is 12.5. The number of aliphatic carboxylic acids is 1. The number of nitrogens with two attached hydrogens (primary N) is 1. The monoisotopic (exact) mass is 376 g/mol. The van der Waals surface area contributed by atoms with Gasteiger partial charge in [-0.15, -0.1) is 0 Å². The number of hydrogen-bond donors (Lipinski definition) is 5. The number of hydrogen-bond acceptors (Lipinski definition) is 6. The second-order valence-electron chi connectivity index (χ2n) is 5.64. The molecule has 6 N–H and O–H groups in total. The van der Waals surface area contributed by atoms with Crippen molar-refractivity contribution in [2.75, 3.05) is 25.1 Å². The van der Waals surface area contributed by atoms with E-state index in [1.807, 2.05) is 20.1 Å². The third-order valence-electron chi connectivity index (χ3n) is 3.66. The third kappa shape index (κ3) is 9.92. The highest BCUT2D eigenvalue weighted by atomic mass is 32.2. The molecular weight excluding hydrogens is 348 g/mol. The summed E-state index contributed by atoms with van der Waals surface area (Å²) in [6, 6.07) is -1.57. The average Bonchev–Trinajstić information content (AvgIpc) is 2.59. The van der Waals surface area contributed by atoms with Crippen molar-refractivity contribution in [3.8, 4) is 0 Å². The van der Waals surface area contributed by atoms with E-state index in [1.165, 1.54) is 11.8 Å². The Hall–Kier alpha value is -1.81. The average molecular weight is 376 g/mol. The molecule has 0 spiro atoms. The van der Waals surface area contributed by atoms with Gasteiger partial charge in [0.15, 0.2) is 0 Å². The normalized spacial score (nSPS) is 14.1. The molecule has 0 aromatic heterocycles. The van der Waals surface area contributed by atoms with E-state index >= 15 is 0 Å². The fraction of sp³-hybridized carbons (Fsp3) is 0.733. The number of thioether (sulfide) groups is 1. The van der Waals surface area contributed by atoms with E-state index in [0.717, 1.165) is 6.42 Å². The number of carboxylic acid groups (broad SMARTS) is 1. The predicted molar refractivity (Wildman–Crippen MR) is 96.0 cm³/mol. The molecule has 0 aromatic carbocycles. The Balaban J connectivity index is 4.52. The number of carbonyl (C=O) groups is 4. The predicted octanol–water partition coefficient (Wildman–Crippen LogP) is -1.09. The first-order valence-corrected chi connectivity index (χ1v) is 9.43. The van der Waals surface area contributed by atoms with Crippen molar-refractivity contribution in [1.82, 2.24) is 16.0 Å². The highest BCUT2D eigenvalue weighted by molar-refractivity contribution is 7.98. The minimum absolute atomic E-state index is 0.0146. The largest absolute Gasteiger partial charge is 0.480 e. The molecule has 0 aromatic rings. The van der Waals surface area contributed by atoms with Gasteiger partial charge < -0.3 is 26.8 Å². The zero-order valence-corrected chi connectivity index (χ0v) is 15.6. The maximum absolute atomic E-state index is 12.0. The molecule has 9 nitrogen and oxygen atoms in total. The summed E-state index contributed by atoms with van der Waals surface area (Å²) in [6.45, 7) is 2.93. The number of carboxylic acids is 1. The van der Waals surface area contributed by atoms with Crippen molar-refractivity contribution >= 4 is 35.5 Å². The van der Waals surface area contributed by atoms with Crippen molar-refractivity contribution in [2.45, 2.75) is 38.8 Å². The van der Waals surface area contributed by atoms with Gasteiger partial charge in [-0.2, -0.15) is 11.8 Å². The first kappa shape index (κ1) is 23.2. The summed E-state index contributed by atoms with van der Waals surface area (Å²) >= 11 is 1.49. The molecule has 0 rings (SSSR count). The van der Waals surface area contributed by atoms with Crippen molar-refractivity contribution in [3.05, 3.63) is 0 Å². The molecule has 0 saturated heterocycles. The van der Waals surface area contributed by atoms with Crippen LogP contribution in [0.5, 0.6) is 0 Å². The van der Waals surface area contributed by atoms with Crippen LogP contribution in [0.4, 0.5) is 0 Å². The molecule has 3 amide bonds. The lowest BCUT2D eigenvalue weighted by molar-refractivity contribution is -0.138. The number of carbonyl (C=O) groups excluding carboxylic acids is 3. The van der Waals surface area contributed by atoms with Crippen LogP contribution in [-0.2, 0) is 19.2 Å². The maximum Gasteiger partial charge on any atom is 0.322 e. The topological polar surface area (TPSA) is 151 Å². The van der Waals surface area contributed by atoms with Gasteiger partial charge in [0.2, 0.25) is 17.7 Å². The fourth-order valence-electron chi connectivity index (χ4n) is 1.83. The molecule has 0 saturated carbocycles. The Morgan fingerprint density at radius 2 is 1.72 bits per heavy atom. The minimum Gasteiger partial charge on any atom is -0.480 e. The Labute approximate surface area is 151 Å². The number of rotatable bonds is 12. The maximum atomic E-state index is 12.0. The van der Waals surface area contributed by atoms with E-state index in [1.54, 1.807) is 0 Å². The molecule has 144 valence electrons. The van der Waals surface area contributed by atoms with Crippen molar-refractivity contribution in [2.24, 2.45) is 11.7 Å². The van der Waals surface area contributed by atoms with E-state index in [2.05, 4.69) is 16.0 Å². The van der Waals surface area contributed by atoms with Crippen LogP contribution < -0.4 is 21.7 Å². The summed E-state index contributed by atoms with van der Waals surface area (Å²) in [6.07, 6.45) is 2.94. The van der Waals surface area contributed by atoms with E-state index < -0.39 is 42.3 Å². The standard InChI is InChI=1S/C15H28N4O5S/c1-4-9(2)13(16)15(24)17-7-11(20)19-10(5-6-25-3)14(23)18-8-12(21)22/h9-10,13H,4-8,16H2,1-3H3,(H,17,24)(H,18,23)(H,19,20)(H,21,22). The zero-order valence-electron chi connectivity index (χ0n) is 14.8. The summed E-state index contributed by atoms with van der Waals surface area (Å²) < 4.78 is 0. The number of nitrogens with one attached hydrogen (secondary N) is 3. The zero-order chi connectivity index (χ0) is 19.4. The van der Waals surface area contributed by atoms with Crippen molar-refractivity contribution in [3.63, 3.8) is 0 Å². The van der Waals surface area contributed by atoms with Crippen LogP contribution in [0.1, 0.15) is 26.7 Å². The van der Waals surface area contributed by atoms with Crippen LogP contribution in [0.25, 0.3) is 0 Å². The van der Waals surface area contributed by atoms with Gasteiger partial charge in [-0.25, -0.2) is 0 Å². The summed E-state index contributed by atoms with van der Waals surface area (Å²) in [7, 11) is 0. The van der Waals surface area contributed by atoms with Crippen LogP contribution in [0.15, 0.2) is 0 Å². The van der Waals surface area contributed by atoms with E-state index in [-0.39, 0.29) is 12.5 Å². The molecule has 3 atom stereocenters. The van der Waals surface area contributed by atoms with Crippen LogP contribution in [0.2, 0.25) is 0 Å². The quantitative estimate of drug-likeness (QED) is 0.290. The van der Waals surface area contributed by atoms with E-state index in [9.17, 15) is 19.2 Å². The van der Waals surface area contributed by atoms with Crippen LogP contribution in [0.3, 0.4) is 0 Å². The highest BCUT2D eigenvalue weighted by Gasteiger charge is 2.23. The Kier molecular flexibility index (Phi) is 11.6. The third-order valence-corrected chi connectivity index (χ3v) is 4.30. The molecule has 0 aliphatic carbocycles. The molecule has 0 fully saturated rings.